The van der Waals surface area contributed by atoms with Crippen LogP contribution in [0.25, 0.3) is 0 Å². The quantitative estimate of drug-likeness (QED) is 0.724. The van der Waals surface area contributed by atoms with E-state index < -0.39 is 0 Å². The summed E-state index contributed by atoms with van der Waals surface area (Å²) in [7, 11) is 2.06. The van der Waals surface area contributed by atoms with Gasteiger partial charge in [-0.05, 0) is 30.7 Å². The summed E-state index contributed by atoms with van der Waals surface area (Å²) in [6.45, 7) is 3.19. The highest BCUT2D eigenvalue weighted by Gasteiger charge is 1.98. The SMILES string of the molecule is CCCN(C)c1ccc(NC=O)cc1. The normalized spacial score (nSPS) is 9.57. The zero-order chi connectivity index (χ0) is 10.4. The zero-order valence-corrected chi connectivity index (χ0v) is 8.66. The highest BCUT2D eigenvalue weighted by Crippen LogP contribution is 2.16. The van der Waals surface area contributed by atoms with Gasteiger partial charge in [-0.3, -0.25) is 4.79 Å². The third-order valence-corrected chi connectivity index (χ3v) is 2.09. The minimum atomic E-state index is 0.685. The molecule has 1 aromatic rings. The minimum Gasteiger partial charge on any atom is -0.375 e. The Labute approximate surface area is 84.7 Å². The first-order chi connectivity index (χ1) is 6.77. The fourth-order valence-electron chi connectivity index (χ4n) is 1.34. The van der Waals surface area contributed by atoms with Crippen molar-refractivity contribution >= 4 is 17.8 Å². The van der Waals surface area contributed by atoms with Crippen molar-refractivity contribution in [2.24, 2.45) is 0 Å². The van der Waals surface area contributed by atoms with Crippen molar-refractivity contribution in [1.29, 1.82) is 0 Å². The Morgan fingerprint density at radius 3 is 2.50 bits per heavy atom. The van der Waals surface area contributed by atoms with Crippen molar-refractivity contribution < 1.29 is 4.79 Å². The van der Waals surface area contributed by atoms with Crippen molar-refractivity contribution in [2.45, 2.75) is 13.3 Å². The van der Waals surface area contributed by atoms with Gasteiger partial charge in [0.05, 0.1) is 0 Å². The molecule has 3 nitrogen and oxygen atoms in total. The number of amides is 1. The Balaban J connectivity index is 2.67. The Morgan fingerprint density at radius 2 is 2.00 bits per heavy atom. The Morgan fingerprint density at radius 1 is 1.36 bits per heavy atom. The molecule has 0 saturated carbocycles. The van der Waals surface area contributed by atoms with Crippen LogP contribution in [0.15, 0.2) is 24.3 Å². The molecule has 1 aromatic carbocycles. The summed E-state index contributed by atoms with van der Waals surface area (Å²) in [5.74, 6) is 0. The molecular formula is C11H16N2O. The zero-order valence-electron chi connectivity index (χ0n) is 8.66. The first kappa shape index (κ1) is 10.6. The van der Waals surface area contributed by atoms with E-state index in [9.17, 15) is 4.79 Å². The average molecular weight is 192 g/mol. The number of hydrogen-bond donors (Lipinski definition) is 1. The summed E-state index contributed by atoms with van der Waals surface area (Å²) >= 11 is 0. The third-order valence-electron chi connectivity index (χ3n) is 2.09. The lowest BCUT2D eigenvalue weighted by atomic mass is 10.2. The van der Waals surface area contributed by atoms with Gasteiger partial charge in [-0.15, -0.1) is 0 Å². The summed E-state index contributed by atoms with van der Waals surface area (Å²) < 4.78 is 0. The highest BCUT2D eigenvalue weighted by molar-refractivity contribution is 5.72. The van der Waals surface area contributed by atoms with Gasteiger partial charge in [0, 0.05) is 25.0 Å². The number of nitrogens with zero attached hydrogens (tertiary/aromatic N) is 1. The van der Waals surface area contributed by atoms with Crippen LogP contribution in [0.2, 0.25) is 0 Å². The standard InChI is InChI=1S/C11H16N2O/c1-3-8-13(2)11-6-4-10(5-7-11)12-9-14/h4-7,9H,3,8H2,1-2H3,(H,12,14). The van der Waals surface area contributed by atoms with Gasteiger partial charge in [0.1, 0.15) is 0 Å². The molecule has 0 fully saturated rings. The van der Waals surface area contributed by atoms with E-state index in [0.29, 0.717) is 6.41 Å². The van der Waals surface area contributed by atoms with Gasteiger partial charge >= 0.3 is 0 Å². The molecule has 0 saturated heterocycles. The van der Waals surface area contributed by atoms with Crippen LogP contribution in [0, 0.1) is 0 Å². The van der Waals surface area contributed by atoms with Crippen LogP contribution in [0.3, 0.4) is 0 Å². The molecule has 0 aliphatic carbocycles. The molecule has 0 atom stereocenters. The molecule has 0 unspecified atom stereocenters. The number of hydrogen-bond acceptors (Lipinski definition) is 2. The molecule has 3 heteroatoms. The van der Waals surface area contributed by atoms with Gasteiger partial charge in [-0.25, -0.2) is 0 Å². The van der Waals surface area contributed by atoms with Crippen LogP contribution >= 0.6 is 0 Å². The molecule has 1 N–H and O–H groups in total. The minimum absolute atomic E-state index is 0.685. The van der Waals surface area contributed by atoms with E-state index in [1.54, 1.807) is 0 Å². The second-order valence-corrected chi connectivity index (χ2v) is 3.23. The number of benzene rings is 1. The average Bonchev–Trinajstić information content (AvgIpc) is 2.20. The maximum absolute atomic E-state index is 10.2. The molecule has 0 heterocycles. The molecule has 1 rings (SSSR count). The largest absolute Gasteiger partial charge is 0.375 e. The van der Waals surface area contributed by atoms with Crippen molar-refractivity contribution in [3.63, 3.8) is 0 Å². The molecular weight excluding hydrogens is 176 g/mol. The molecule has 0 aliphatic heterocycles. The van der Waals surface area contributed by atoms with E-state index in [-0.39, 0.29) is 0 Å². The summed E-state index contributed by atoms with van der Waals surface area (Å²) in [5.41, 5.74) is 2.00. The predicted molar refractivity (Wildman–Crippen MR) is 59.7 cm³/mol. The Kier molecular flexibility index (Phi) is 3.98. The van der Waals surface area contributed by atoms with Gasteiger partial charge in [0.15, 0.2) is 0 Å². The summed E-state index contributed by atoms with van der Waals surface area (Å²) in [6, 6.07) is 7.80. The molecule has 76 valence electrons. The van der Waals surface area contributed by atoms with Crippen LogP contribution in [0.1, 0.15) is 13.3 Å². The Hall–Kier alpha value is -1.51. The number of nitrogens with one attached hydrogen (secondary N) is 1. The van der Waals surface area contributed by atoms with Crippen LogP contribution in [-0.4, -0.2) is 20.0 Å². The van der Waals surface area contributed by atoms with Gasteiger partial charge < -0.3 is 10.2 Å². The van der Waals surface area contributed by atoms with Gasteiger partial charge in [-0.1, -0.05) is 6.92 Å². The molecule has 0 bridgehead atoms. The fourth-order valence-corrected chi connectivity index (χ4v) is 1.34. The smallest absolute Gasteiger partial charge is 0.211 e. The van der Waals surface area contributed by atoms with Gasteiger partial charge in [-0.2, -0.15) is 0 Å². The van der Waals surface area contributed by atoms with Crippen molar-refractivity contribution in [2.75, 3.05) is 23.8 Å². The van der Waals surface area contributed by atoms with Crippen molar-refractivity contribution in [3.8, 4) is 0 Å². The second-order valence-electron chi connectivity index (χ2n) is 3.23. The lowest BCUT2D eigenvalue weighted by Gasteiger charge is -2.18. The number of carbonyl (C=O) groups is 1. The summed E-state index contributed by atoms with van der Waals surface area (Å²) in [6.07, 6.45) is 1.82. The Bertz CT molecular complexity index is 282. The van der Waals surface area contributed by atoms with Crippen LogP contribution < -0.4 is 10.2 Å². The monoisotopic (exact) mass is 192 g/mol. The maximum atomic E-state index is 10.2. The molecule has 0 spiro atoms. The van der Waals surface area contributed by atoms with E-state index in [2.05, 4.69) is 24.2 Å². The highest BCUT2D eigenvalue weighted by atomic mass is 16.1. The van der Waals surface area contributed by atoms with E-state index in [0.717, 1.165) is 18.7 Å². The van der Waals surface area contributed by atoms with Crippen molar-refractivity contribution in [3.05, 3.63) is 24.3 Å². The van der Waals surface area contributed by atoms with Crippen LogP contribution in [-0.2, 0) is 4.79 Å². The number of anilines is 2. The fraction of sp³-hybridized carbons (Fsp3) is 0.364. The first-order valence-corrected chi connectivity index (χ1v) is 4.79. The van der Waals surface area contributed by atoms with Crippen LogP contribution in [0.4, 0.5) is 11.4 Å². The molecule has 0 radical (unpaired) electrons. The molecule has 14 heavy (non-hydrogen) atoms. The second kappa shape index (κ2) is 5.27. The summed E-state index contributed by atoms with van der Waals surface area (Å²) in [5, 5.41) is 2.61. The number of carbonyl (C=O) groups excluding carboxylic acids is 1. The van der Waals surface area contributed by atoms with Gasteiger partial charge in [0.25, 0.3) is 0 Å². The molecule has 0 aromatic heterocycles. The first-order valence-electron chi connectivity index (χ1n) is 4.79. The maximum Gasteiger partial charge on any atom is 0.211 e. The summed E-state index contributed by atoms with van der Waals surface area (Å²) in [4.78, 5) is 12.4. The van der Waals surface area contributed by atoms with E-state index in [4.69, 9.17) is 0 Å². The molecule has 0 aliphatic rings. The predicted octanol–water partition coefficient (Wildman–Crippen LogP) is 2.10. The van der Waals surface area contributed by atoms with E-state index in [1.165, 1.54) is 5.69 Å². The van der Waals surface area contributed by atoms with Crippen molar-refractivity contribution in [1.82, 2.24) is 0 Å². The topological polar surface area (TPSA) is 32.3 Å². The van der Waals surface area contributed by atoms with E-state index >= 15 is 0 Å². The lowest BCUT2D eigenvalue weighted by molar-refractivity contribution is -0.105. The van der Waals surface area contributed by atoms with Crippen LogP contribution in [0.5, 0.6) is 0 Å². The third kappa shape index (κ3) is 2.76. The van der Waals surface area contributed by atoms with Gasteiger partial charge in [0.2, 0.25) is 6.41 Å². The van der Waals surface area contributed by atoms with E-state index in [1.807, 2.05) is 24.3 Å². The molecule has 1 amide bonds. The lowest BCUT2D eigenvalue weighted by Crippen LogP contribution is -2.17. The number of rotatable bonds is 5.